The molecule has 0 unspecified atom stereocenters. The fourth-order valence-corrected chi connectivity index (χ4v) is 2.55. The highest BCUT2D eigenvalue weighted by atomic mass is 19.1. The van der Waals surface area contributed by atoms with Crippen molar-refractivity contribution in [1.29, 1.82) is 0 Å². The van der Waals surface area contributed by atoms with Gasteiger partial charge in [-0.2, -0.15) is 0 Å². The number of hydrogen-bond acceptors (Lipinski definition) is 4. The highest BCUT2D eigenvalue weighted by Crippen LogP contribution is 2.17. The Labute approximate surface area is 143 Å². The van der Waals surface area contributed by atoms with Crippen LogP contribution in [0, 0.1) is 5.82 Å². The Morgan fingerprint density at radius 3 is 2.56 bits per heavy atom. The minimum Gasteiger partial charge on any atom is -0.465 e. The van der Waals surface area contributed by atoms with E-state index in [0.717, 1.165) is 0 Å². The number of halogens is 1. The number of fused-ring (bicyclic) bond motifs is 1. The van der Waals surface area contributed by atoms with E-state index in [2.05, 4.69) is 15.0 Å². The first-order valence-corrected chi connectivity index (χ1v) is 7.69. The summed E-state index contributed by atoms with van der Waals surface area (Å²) in [6.45, 7) is 1.88. The number of benzene rings is 1. The molecule has 0 saturated carbocycles. The van der Waals surface area contributed by atoms with E-state index in [4.69, 9.17) is 0 Å². The molecule has 1 aromatic carbocycles. The van der Waals surface area contributed by atoms with Crippen molar-refractivity contribution < 1.29 is 18.7 Å². The van der Waals surface area contributed by atoms with Crippen molar-refractivity contribution in [3.63, 3.8) is 0 Å². The molecular formula is C18H16FN3O3. The fraction of sp³-hybridized carbons (Fsp3) is 0.167. The van der Waals surface area contributed by atoms with Gasteiger partial charge in [-0.15, -0.1) is 0 Å². The normalized spacial score (nSPS) is 10.7. The van der Waals surface area contributed by atoms with Crippen molar-refractivity contribution in [1.82, 2.24) is 9.38 Å². The number of carbonyl (C=O) groups is 2. The Hall–Kier alpha value is -3.22. The van der Waals surface area contributed by atoms with Crippen molar-refractivity contribution >= 4 is 23.2 Å². The lowest BCUT2D eigenvalue weighted by Crippen LogP contribution is -2.16. The van der Waals surface area contributed by atoms with Crippen LogP contribution in [-0.4, -0.2) is 28.4 Å². The Kier molecular flexibility index (Phi) is 4.47. The topological polar surface area (TPSA) is 72.7 Å². The van der Waals surface area contributed by atoms with Crippen molar-refractivity contribution in [3.05, 3.63) is 65.4 Å². The molecule has 0 bridgehead atoms. The average Bonchev–Trinajstić information content (AvgIpc) is 2.99. The van der Waals surface area contributed by atoms with Gasteiger partial charge in [-0.3, -0.25) is 9.20 Å². The van der Waals surface area contributed by atoms with Crippen LogP contribution >= 0.6 is 0 Å². The third-order valence-electron chi connectivity index (χ3n) is 3.77. The summed E-state index contributed by atoms with van der Waals surface area (Å²) in [4.78, 5) is 28.5. The first-order chi connectivity index (χ1) is 12.0. The lowest BCUT2D eigenvalue weighted by atomic mass is 10.2. The molecule has 3 aromatic rings. The van der Waals surface area contributed by atoms with Gasteiger partial charge in [-0.1, -0.05) is 6.92 Å². The molecule has 1 amide bonds. The number of pyridine rings is 1. The molecule has 0 aliphatic rings. The zero-order chi connectivity index (χ0) is 18.0. The number of methoxy groups -OCH3 is 1. The Morgan fingerprint density at radius 1 is 1.20 bits per heavy atom. The second-order valence-electron chi connectivity index (χ2n) is 5.36. The van der Waals surface area contributed by atoms with Crippen LogP contribution in [0.25, 0.3) is 5.65 Å². The first kappa shape index (κ1) is 16.6. The van der Waals surface area contributed by atoms with Gasteiger partial charge < -0.3 is 10.1 Å². The molecule has 0 radical (unpaired) electrons. The van der Waals surface area contributed by atoms with Crippen molar-refractivity contribution in [2.75, 3.05) is 12.4 Å². The fourth-order valence-electron chi connectivity index (χ4n) is 2.55. The predicted molar refractivity (Wildman–Crippen MR) is 90.3 cm³/mol. The molecule has 7 heteroatoms. The molecule has 6 nitrogen and oxygen atoms in total. The van der Waals surface area contributed by atoms with Gasteiger partial charge in [0.25, 0.3) is 5.91 Å². The first-order valence-electron chi connectivity index (χ1n) is 7.69. The minimum absolute atomic E-state index is 0.286. The predicted octanol–water partition coefficient (Wildman–Crippen LogP) is 3.07. The number of amides is 1. The second kappa shape index (κ2) is 6.72. The third kappa shape index (κ3) is 3.21. The number of nitrogens with zero attached hydrogens (tertiary/aromatic N) is 2. The molecule has 2 heterocycles. The molecule has 0 saturated heterocycles. The number of nitrogens with one attached hydrogen (secondary N) is 1. The average molecular weight is 341 g/mol. The highest BCUT2D eigenvalue weighted by Gasteiger charge is 2.19. The van der Waals surface area contributed by atoms with E-state index in [1.165, 1.54) is 29.8 Å². The maximum atomic E-state index is 13.5. The Bertz CT molecular complexity index is 948. The standard InChI is InChI=1S/C18H16FN3O3/c1-3-14-16(22-10-12(19)6-9-15(22)21-14)17(23)20-13-7-4-11(5-8-13)18(24)25-2/h4-10H,3H2,1-2H3,(H,20,23). The second-order valence-corrected chi connectivity index (χ2v) is 5.36. The monoisotopic (exact) mass is 341 g/mol. The van der Waals surface area contributed by atoms with Gasteiger partial charge >= 0.3 is 5.97 Å². The summed E-state index contributed by atoms with van der Waals surface area (Å²) in [5, 5.41) is 2.74. The molecule has 1 N–H and O–H groups in total. The summed E-state index contributed by atoms with van der Waals surface area (Å²) in [5.41, 5.74) is 2.26. The molecule has 25 heavy (non-hydrogen) atoms. The molecular weight excluding hydrogens is 325 g/mol. The van der Waals surface area contributed by atoms with Crippen LogP contribution in [0.3, 0.4) is 0 Å². The quantitative estimate of drug-likeness (QED) is 0.740. The third-order valence-corrected chi connectivity index (χ3v) is 3.77. The number of carbonyl (C=O) groups excluding carboxylic acids is 2. The molecule has 0 aliphatic heterocycles. The summed E-state index contributed by atoms with van der Waals surface area (Å²) in [5.74, 6) is -1.31. The van der Waals surface area contributed by atoms with Crippen LogP contribution in [0.15, 0.2) is 42.6 Å². The summed E-state index contributed by atoms with van der Waals surface area (Å²) < 4.78 is 19.6. The summed E-state index contributed by atoms with van der Waals surface area (Å²) in [7, 11) is 1.30. The van der Waals surface area contributed by atoms with Gasteiger partial charge in [-0.25, -0.2) is 14.2 Å². The van der Waals surface area contributed by atoms with Crippen LogP contribution in [0.1, 0.15) is 33.5 Å². The van der Waals surface area contributed by atoms with Gasteiger partial charge in [0, 0.05) is 11.9 Å². The number of esters is 1. The molecule has 0 spiro atoms. The number of hydrogen-bond donors (Lipinski definition) is 1. The maximum Gasteiger partial charge on any atom is 0.337 e. The highest BCUT2D eigenvalue weighted by molar-refractivity contribution is 6.04. The van der Waals surface area contributed by atoms with E-state index in [-0.39, 0.29) is 5.69 Å². The van der Waals surface area contributed by atoms with Gasteiger partial charge in [-0.05, 0) is 42.8 Å². The van der Waals surface area contributed by atoms with Crippen LogP contribution in [0.2, 0.25) is 0 Å². The molecule has 0 aliphatic carbocycles. The van der Waals surface area contributed by atoms with E-state index in [0.29, 0.717) is 29.0 Å². The number of rotatable bonds is 4. The van der Waals surface area contributed by atoms with Gasteiger partial charge in [0.15, 0.2) is 0 Å². The van der Waals surface area contributed by atoms with Gasteiger partial charge in [0.05, 0.1) is 18.4 Å². The van der Waals surface area contributed by atoms with Crippen LogP contribution in [0.5, 0.6) is 0 Å². The number of aromatic nitrogens is 2. The molecule has 3 rings (SSSR count). The Balaban J connectivity index is 1.92. The molecule has 128 valence electrons. The van der Waals surface area contributed by atoms with Crippen molar-refractivity contribution in [3.8, 4) is 0 Å². The summed E-state index contributed by atoms with van der Waals surface area (Å²) in [6, 6.07) is 9.12. The minimum atomic E-state index is -0.455. The SMILES string of the molecule is CCc1nc2ccc(F)cn2c1C(=O)Nc1ccc(C(=O)OC)cc1. The summed E-state index contributed by atoms with van der Waals surface area (Å²) in [6.07, 6.45) is 1.77. The van der Waals surface area contributed by atoms with Crippen molar-refractivity contribution in [2.45, 2.75) is 13.3 Å². The molecule has 2 aromatic heterocycles. The van der Waals surface area contributed by atoms with Crippen LogP contribution < -0.4 is 5.32 Å². The zero-order valence-corrected chi connectivity index (χ0v) is 13.7. The lowest BCUT2D eigenvalue weighted by Gasteiger charge is -2.07. The van der Waals surface area contributed by atoms with E-state index >= 15 is 0 Å². The number of imidazole rings is 1. The zero-order valence-electron chi connectivity index (χ0n) is 13.7. The van der Waals surface area contributed by atoms with E-state index < -0.39 is 17.7 Å². The van der Waals surface area contributed by atoms with Gasteiger partial charge in [0.1, 0.15) is 17.2 Å². The van der Waals surface area contributed by atoms with E-state index in [9.17, 15) is 14.0 Å². The lowest BCUT2D eigenvalue weighted by molar-refractivity contribution is 0.0600. The number of anilines is 1. The van der Waals surface area contributed by atoms with E-state index in [1.54, 1.807) is 24.3 Å². The number of ether oxygens (including phenoxy) is 1. The van der Waals surface area contributed by atoms with Crippen LogP contribution in [0.4, 0.5) is 10.1 Å². The van der Waals surface area contributed by atoms with Gasteiger partial charge in [0.2, 0.25) is 0 Å². The largest absolute Gasteiger partial charge is 0.465 e. The molecule has 0 fully saturated rings. The van der Waals surface area contributed by atoms with E-state index in [1.807, 2.05) is 6.92 Å². The molecule has 0 atom stereocenters. The number of aryl methyl sites for hydroxylation is 1. The maximum absolute atomic E-state index is 13.5. The van der Waals surface area contributed by atoms with Crippen LogP contribution in [-0.2, 0) is 11.2 Å². The smallest absolute Gasteiger partial charge is 0.337 e. The van der Waals surface area contributed by atoms with Crippen molar-refractivity contribution in [2.24, 2.45) is 0 Å². The summed E-state index contributed by atoms with van der Waals surface area (Å²) >= 11 is 0. The Morgan fingerprint density at radius 2 is 1.92 bits per heavy atom.